The number of furan rings is 1. The lowest BCUT2D eigenvalue weighted by atomic mass is 10.2. The fraction of sp³-hybridized carbons (Fsp3) is 0.733. The van der Waals surface area contributed by atoms with Gasteiger partial charge in [0.15, 0.2) is 0 Å². The quantitative estimate of drug-likeness (QED) is 0.730. The maximum atomic E-state index is 5.66. The highest BCUT2D eigenvalue weighted by Gasteiger charge is 2.24. The topological polar surface area (TPSA) is 28.4 Å². The highest BCUT2D eigenvalue weighted by atomic mass is 16.3. The minimum Gasteiger partial charge on any atom is -0.468 e. The van der Waals surface area contributed by atoms with Gasteiger partial charge in [0.25, 0.3) is 0 Å². The third-order valence-electron chi connectivity index (χ3n) is 3.42. The molecule has 1 saturated carbocycles. The van der Waals surface area contributed by atoms with Crippen LogP contribution in [-0.2, 0) is 13.1 Å². The molecule has 3 nitrogen and oxygen atoms in total. The molecule has 0 bridgehead atoms. The standard InChI is InChI=1S/C15H26N2O/c1-3-7-17(10-13-5-6-13)11-15-8-14(12-18-15)9-16-4-2/h8,12-13,16H,3-7,9-11H2,1-2H3. The van der Waals surface area contributed by atoms with Crippen molar-refractivity contribution < 1.29 is 4.42 Å². The van der Waals surface area contributed by atoms with Crippen LogP contribution in [0.15, 0.2) is 16.7 Å². The van der Waals surface area contributed by atoms with Crippen molar-refractivity contribution >= 4 is 0 Å². The SMILES string of the molecule is CCCN(Cc1cc(CNCC)co1)CC1CC1. The molecule has 1 heterocycles. The second-order valence-electron chi connectivity index (χ2n) is 5.38. The normalized spacial score (nSPS) is 15.5. The molecule has 1 aliphatic carbocycles. The summed E-state index contributed by atoms with van der Waals surface area (Å²) in [5, 5.41) is 3.32. The molecule has 18 heavy (non-hydrogen) atoms. The van der Waals surface area contributed by atoms with E-state index in [1.165, 1.54) is 37.9 Å². The van der Waals surface area contributed by atoms with Crippen LogP contribution in [0.3, 0.4) is 0 Å². The maximum absolute atomic E-state index is 5.66. The van der Waals surface area contributed by atoms with Crippen LogP contribution in [0, 0.1) is 5.92 Å². The molecule has 0 saturated heterocycles. The molecule has 1 fully saturated rings. The first kappa shape index (κ1) is 13.6. The molecule has 0 aromatic carbocycles. The summed E-state index contributed by atoms with van der Waals surface area (Å²) in [4.78, 5) is 2.54. The zero-order valence-corrected chi connectivity index (χ0v) is 11.7. The van der Waals surface area contributed by atoms with Crippen LogP contribution in [-0.4, -0.2) is 24.5 Å². The molecule has 0 radical (unpaired) electrons. The van der Waals surface area contributed by atoms with Crippen LogP contribution in [0.4, 0.5) is 0 Å². The van der Waals surface area contributed by atoms with Gasteiger partial charge in [0.2, 0.25) is 0 Å². The molecule has 102 valence electrons. The highest BCUT2D eigenvalue weighted by molar-refractivity contribution is 5.12. The smallest absolute Gasteiger partial charge is 0.118 e. The first-order chi connectivity index (χ1) is 8.81. The first-order valence-electron chi connectivity index (χ1n) is 7.31. The maximum Gasteiger partial charge on any atom is 0.118 e. The van der Waals surface area contributed by atoms with Gasteiger partial charge in [-0.25, -0.2) is 0 Å². The van der Waals surface area contributed by atoms with Crippen molar-refractivity contribution in [2.45, 2.75) is 46.2 Å². The molecule has 0 atom stereocenters. The summed E-state index contributed by atoms with van der Waals surface area (Å²) < 4.78 is 5.66. The van der Waals surface area contributed by atoms with Gasteiger partial charge in [0.05, 0.1) is 12.8 Å². The first-order valence-corrected chi connectivity index (χ1v) is 7.31. The third-order valence-corrected chi connectivity index (χ3v) is 3.42. The highest BCUT2D eigenvalue weighted by Crippen LogP contribution is 2.30. The lowest BCUT2D eigenvalue weighted by Gasteiger charge is -2.19. The van der Waals surface area contributed by atoms with Crippen LogP contribution < -0.4 is 5.32 Å². The van der Waals surface area contributed by atoms with Crippen molar-refractivity contribution in [2.24, 2.45) is 5.92 Å². The van der Waals surface area contributed by atoms with E-state index in [0.717, 1.165) is 31.3 Å². The van der Waals surface area contributed by atoms with Crippen molar-refractivity contribution in [3.8, 4) is 0 Å². The van der Waals surface area contributed by atoms with E-state index in [2.05, 4.69) is 30.1 Å². The van der Waals surface area contributed by atoms with Gasteiger partial charge in [0.1, 0.15) is 5.76 Å². The summed E-state index contributed by atoms with van der Waals surface area (Å²) >= 11 is 0. The second kappa shape index (κ2) is 6.95. The van der Waals surface area contributed by atoms with E-state index in [0.29, 0.717) is 0 Å². The Hall–Kier alpha value is -0.800. The molecule has 1 aromatic heterocycles. The molecule has 2 rings (SSSR count). The Kier molecular flexibility index (Phi) is 5.26. The van der Waals surface area contributed by atoms with E-state index >= 15 is 0 Å². The van der Waals surface area contributed by atoms with E-state index in [-0.39, 0.29) is 0 Å². The van der Waals surface area contributed by atoms with Gasteiger partial charge < -0.3 is 9.73 Å². The predicted molar refractivity (Wildman–Crippen MR) is 74.4 cm³/mol. The van der Waals surface area contributed by atoms with E-state index in [1.807, 2.05) is 6.26 Å². The Balaban J connectivity index is 1.82. The van der Waals surface area contributed by atoms with Gasteiger partial charge in [-0.15, -0.1) is 0 Å². The van der Waals surface area contributed by atoms with E-state index < -0.39 is 0 Å². The van der Waals surface area contributed by atoms with Crippen LogP contribution in [0.1, 0.15) is 44.4 Å². The molecule has 1 N–H and O–H groups in total. The van der Waals surface area contributed by atoms with Crippen LogP contribution in [0.2, 0.25) is 0 Å². The largest absolute Gasteiger partial charge is 0.468 e. The van der Waals surface area contributed by atoms with Gasteiger partial charge in [-0.3, -0.25) is 4.90 Å². The van der Waals surface area contributed by atoms with Crippen LogP contribution >= 0.6 is 0 Å². The second-order valence-corrected chi connectivity index (χ2v) is 5.38. The monoisotopic (exact) mass is 250 g/mol. The summed E-state index contributed by atoms with van der Waals surface area (Å²) in [5.41, 5.74) is 1.26. The average molecular weight is 250 g/mol. The number of hydrogen-bond donors (Lipinski definition) is 1. The average Bonchev–Trinajstić information content (AvgIpc) is 3.05. The Bertz CT molecular complexity index is 344. The number of rotatable bonds is 9. The van der Waals surface area contributed by atoms with Crippen molar-refractivity contribution in [3.63, 3.8) is 0 Å². The molecular weight excluding hydrogens is 224 g/mol. The summed E-state index contributed by atoms with van der Waals surface area (Å²) in [6, 6.07) is 2.19. The molecule has 0 spiro atoms. The molecule has 0 aliphatic heterocycles. The van der Waals surface area contributed by atoms with Crippen LogP contribution in [0.5, 0.6) is 0 Å². The third kappa shape index (κ3) is 4.46. The Morgan fingerprint density at radius 2 is 2.22 bits per heavy atom. The molecule has 1 aliphatic rings. The van der Waals surface area contributed by atoms with E-state index in [4.69, 9.17) is 4.42 Å². The van der Waals surface area contributed by atoms with Gasteiger partial charge in [-0.05, 0) is 44.3 Å². The molecular formula is C15H26N2O. The van der Waals surface area contributed by atoms with Crippen molar-refractivity contribution in [1.82, 2.24) is 10.2 Å². The lowest BCUT2D eigenvalue weighted by molar-refractivity contribution is 0.235. The summed E-state index contributed by atoms with van der Waals surface area (Å²) in [6.45, 7) is 9.69. The Morgan fingerprint density at radius 1 is 1.39 bits per heavy atom. The zero-order valence-electron chi connectivity index (χ0n) is 11.7. The van der Waals surface area contributed by atoms with Crippen molar-refractivity contribution in [1.29, 1.82) is 0 Å². The molecule has 0 amide bonds. The van der Waals surface area contributed by atoms with Gasteiger partial charge in [-0.1, -0.05) is 13.8 Å². The summed E-state index contributed by atoms with van der Waals surface area (Å²) in [5.74, 6) is 2.06. The Labute approximate surface area is 111 Å². The number of nitrogens with zero attached hydrogens (tertiary/aromatic N) is 1. The summed E-state index contributed by atoms with van der Waals surface area (Å²) in [7, 11) is 0. The fourth-order valence-corrected chi connectivity index (χ4v) is 2.31. The Morgan fingerprint density at radius 3 is 2.89 bits per heavy atom. The van der Waals surface area contributed by atoms with Gasteiger partial charge >= 0.3 is 0 Å². The molecule has 0 unspecified atom stereocenters. The van der Waals surface area contributed by atoms with E-state index in [1.54, 1.807) is 0 Å². The minimum absolute atomic E-state index is 0.913. The predicted octanol–water partition coefficient (Wildman–Crippen LogP) is 3.01. The van der Waals surface area contributed by atoms with Gasteiger partial charge in [0, 0.05) is 18.7 Å². The van der Waals surface area contributed by atoms with Gasteiger partial charge in [-0.2, -0.15) is 0 Å². The lowest BCUT2D eigenvalue weighted by Crippen LogP contribution is -2.26. The van der Waals surface area contributed by atoms with E-state index in [9.17, 15) is 0 Å². The minimum atomic E-state index is 0.913. The molecule has 3 heteroatoms. The zero-order chi connectivity index (χ0) is 12.8. The van der Waals surface area contributed by atoms with Crippen molar-refractivity contribution in [2.75, 3.05) is 19.6 Å². The summed E-state index contributed by atoms with van der Waals surface area (Å²) in [6.07, 6.45) is 5.95. The fourth-order valence-electron chi connectivity index (χ4n) is 2.31. The van der Waals surface area contributed by atoms with Crippen molar-refractivity contribution in [3.05, 3.63) is 23.7 Å². The number of hydrogen-bond acceptors (Lipinski definition) is 3. The number of nitrogens with one attached hydrogen (secondary N) is 1. The van der Waals surface area contributed by atoms with Crippen LogP contribution in [0.25, 0.3) is 0 Å². The molecule has 1 aromatic rings.